The second-order valence-corrected chi connectivity index (χ2v) is 3.91. The molecule has 17 heavy (non-hydrogen) atoms. The summed E-state index contributed by atoms with van der Waals surface area (Å²) in [6.07, 6.45) is 1.28. The zero-order chi connectivity index (χ0) is 12.6. The summed E-state index contributed by atoms with van der Waals surface area (Å²) in [6.45, 7) is 0. The molecule has 0 fully saturated rings. The first kappa shape index (κ1) is 11.7. The van der Waals surface area contributed by atoms with Crippen molar-refractivity contribution in [3.63, 3.8) is 0 Å². The van der Waals surface area contributed by atoms with E-state index in [2.05, 4.69) is 15.9 Å². The molecule has 0 saturated carbocycles. The van der Waals surface area contributed by atoms with Gasteiger partial charge in [0.1, 0.15) is 11.3 Å². The standard InChI is InChI=1S/C10H4BrF2NO3/c11-9-8(7-2-1-3-17-7)6(14(15)16)4-5(12)10(9)13/h1-4H. The summed E-state index contributed by atoms with van der Waals surface area (Å²) in [5, 5.41) is 10.8. The van der Waals surface area contributed by atoms with Gasteiger partial charge in [-0.15, -0.1) is 0 Å². The molecule has 7 heteroatoms. The Morgan fingerprint density at radius 1 is 1.41 bits per heavy atom. The number of nitrogens with zero attached hydrogens (tertiary/aromatic N) is 1. The smallest absolute Gasteiger partial charge is 0.284 e. The fourth-order valence-electron chi connectivity index (χ4n) is 1.38. The molecule has 88 valence electrons. The highest BCUT2D eigenvalue weighted by Gasteiger charge is 2.26. The average Bonchev–Trinajstić information content (AvgIpc) is 2.78. The first-order chi connectivity index (χ1) is 8.02. The second kappa shape index (κ2) is 4.25. The van der Waals surface area contributed by atoms with E-state index in [9.17, 15) is 18.9 Å². The fourth-order valence-corrected chi connectivity index (χ4v) is 1.97. The van der Waals surface area contributed by atoms with Crippen LogP contribution >= 0.6 is 15.9 Å². The summed E-state index contributed by atoms with van der Waals surface area (Å²) >= 11 is 2.79. The Morgan fingerprint density at radius 2 is 2.12 bits per heavy atom. The lowest BCUT2D eigenvalue weighted by Crippen LogP contribution is -1.97. The summed E-state index contributed by atoms with van der Waals surface area (Å²) in [5.41, 5.74) is -0.690. The molecule has 0 saturated heterocycles. The van der Waals surface area contributed by atoms with Crippen molar-refractivity contribution in [3.8, 4) is 11.3 Å². The lowest BCUT2D eigenvalue weighted by molar-refractivity contribution is -0.384. The predicted octanol–water partition coefficient (Wildman–Crippen LogP) is 3.90. The second-order valence-electron chi connectivity index (χ2n) is 3.11. The number of halogens is 3. The van der Waals surface area contributed by atoms with Gasteiger partial charge in [-0.1, -0.05) is 0 Å². The number of rotatable bonds is 2. The van der Waals surface area contributed by atoms with Crippen molar-refractivity contribution in [2.24, 2.45) is 0 Å². The van der Waals surface area contributed by atoms with Crippen LogP contribution in [0.25, 0.3) is 11.3 Å². The minimum absolute atomic E-state index is 0.0856. The highest BCUT2D eigenvalue weighted by molar-refractivity contribution is 9.10. The van der Waals surface area contributed by atoms with Gasteiger partial charge in [-0.2, -0.15) is 0 Å². The number of benzene rings is 1. The van der Waals surface area contributed by atoms with Crippen LogP contribution in [0.1, 0.15) is 0 Å². The summed E-state index contributed by atoms with van der Waals surface area (Å²) in [7, 11) is 0. The molecule has 4 nitrogen and oxygen atoms in total. The van der Waals surface area contributed by atoms with Crippen LogP contribution in [-0.2, 0) is 0 Å². The molecule has 0 aliphatic carbocycles. The molecule has 2 aromatic rings. The Morgan fingerprint density at radius 3 is 2.65 bits per heavy atom. The third kappa shape index (κ3) is 1.93. The SMILES string of the molecule is O=[N+]([O-])c1cc(F)c(F)c(Br)c1-c1ccco1. The van der Waals surface area contributed by atoms with Crippen molar-refractivity contribution in [3.05, 3.63) is 50.7 Å². The van der Waals surface area contributed by atoms with E-state index >= 15 is 0 Å². The van der Waals surface area contributed by atoms with Crippen LogP contribution in [0.2, 0.25) is 0 Å². The number of furan rings is 1. The maximum Gasteiger partial charge on any atom is 0.284 e. The van der Waals surface area contributed by atoms with Crippen LogP contribution in [0.15, 0.2) is 33.4 Å². The summed E-state index contributed by atoms with van der Waals surface area (Å²) in [5.74, 6) is -2.40. The van der Waals surface area contributed by atoms with Gasteiger partial charge < -0.3 is 4.42 Å². The van der Waals surface area contributed by atoms with Crippen molar-refractivity contribution < 1.29 is 18.1 Å². The molecule has 0 unspecified atom stereocenters. The number of hydrogen-bond acceptors (Lipinski definition) is 3. The maximum atomic E-state index is 13.3. The number of nitro benzene ring substituents is 1. The van der Waals surface area contributed by atoms with E-state index in [4.69, 9.17) is 4.42 Å². The summed E-state index contributed by atoms with van der Waals surface area (Å²) < 4.78 is 31.1. The van der Waals surface area contributed by atoms with Crippen LogP contribution in [0.4, 0.5) is 14.5 Å². The van der Waals surface area contributed by atoms with E-state index in [1.165, 1.54) is 18.4 Å². The van der Waals surface area contributed by atoms with Gasteiger partial charge >= 0.3 is 0 Å². The molecule has 0 N–H and O–H groups in total. The van der Waals surface area contributed by atoms with Crippen LogP contribution in [0, 0.1) is 21.7 Å². The lowest BCUT2D eigenvalue weighted by Gasteiger charge is -2.04. The van der Waals surface area contributed by atoms with Crippen LogP contribution in [0.5, 0.6) is 0 Å². The molecule has 0 atom stereocenters. The Kier molecular flexibility index (Phi) is 2.93. The monoisotopic (exact) mass is 303 g/mol. The molecule has 1 heterocycles. The highest BCUT2D eigenvalue weighted by Crippen LogP contribution is 2.39. The molecule has 0 aliphatic rings. The van der Waals surface area contributed by atoms with Crippen molar-refractivity contribution in [2.45, 2.75) is 0 Å². The molecule has 1 aromatic carbocycles. The molecular formula is C10H4BrF2NO3. The van der Waals surface area contributed by atoms with Crippen LogP contribution < -0.4 is 0 Å². The lowest BCUT2D eigenvalue weighted by atomic mass is 10.1. The zero-order valence-corrected chi connectivity index (χ0v) is 9.70. The molecule has 0 spiro atoms. The van der Waals surface area contributed by atoms with Gasteiger partial charge in [0, 0.05) is 0 Å². The Bertz CT molecular complexity index is 584. The number of hydrogen-bond donors (Lipinski definition) is 0. The quantitative estimate of drug-likeness (QED) is 0.480. The third-order valence-electron chi connectivity index (χ3n) is 2.11. The first-order valence-corrected chi connectivity index (χ1v) is 5.17. The van der Waals surface area contributed by atoms with Gasteiger partial charge in [0.25, 0.3) is 5.69 Å². The van der Waals surface area contributed by atoms with Gasteiger partial charge in [-0.3, -0.25) is 10.1 Å². The Balaban J connectivity index is 2.80. The molecule has 0 radical (unpaired) electrons. The van der Waals surface area contributed by atoms with Crippen LogP contribution in [0.3, 0.4) is 0 Å². The summed E-state index contributed by atoms with van der Waals surface area (Å²) in [6, 6.07) is 3.44. The van der Waals surface area contributed by atoms with E-state index in [0.29, 0.717) is 6.07 Å². The number of nitro groups is 1. The fraction of sp³-hybridized carbons (Fsp3) is 0. The van der Waals surface area contributed by atoms with Gasteiger partial charge in [-0.25, -0.2) is 8.78 Å². The molecule has 0 bridgehead atoms. The van der Waals surface area contributed by atoms with E-state index in [0.717, 1.165) is 0 Å². The minimum Gasteiger partial charge on any atom is -0.464 e. The normalized spacial score (nSPS) is 10.5. The molecule has 1 aromatic heterocycles. The molecule has 0 aliphatic heterocycles. The maximum absolute atomic E-state index is 13.3. The molecule has 2 rings (SSSR count). The van der Waals surface area contributed by atoms with E-state index < -0.39 is 22.2 Å². The third-order valence-corrected chi connectivity index (χ3v) is 2.85. The zero-order valence-electron chi connectivity index (χ0n) is 8.12. The van der Waals surface area contributed by atoms with Crippen molar-refractivity contribution in [1.29, 1.82) is 0 Å². The highest BCUT2D eigenvalue weighted by atomic mass is 79.9. The molecule has 0 amide bonds. The topological polar surface area (TPSA) is 56.3 Å². The first-order valence-electron chi connectivity index (χ1n) is 4.38. The molecular weight excluding hydrogens is 300 g/mol. The van der Waals surface area contributed by atoms with Crippen molar-refractivity contribution in [1.82, 2.24) is 0 Å². The largest absolute Gasteiger partial charge is 0.464 e. The Labute approximate surface area is 102 Å². The predicted molar refractivity (Wildman–Crippen MR) is 58.4 cm³/mol. The Hall–Kier alpha value is -1.76. The van der Waals surface area contributed by atoms with Crippen molar-refractivity contribution >= 4 is 21.6 Å². The minimum atomic E-state index is -1.29. The van der Waals surface area contributed by atoms with Gasteiger partial charge in [0.15, 0.2) is 11.6 Å². The van der Waals surface area contributed by atoms with Gasteiger partial charge in [0.2, 0.25) is 0 Å². The van der Waals surface area contributed by atoms with Crippen LogP contribution in [-0.4, -0.2) is 4.92 Å². The van der Waals surface area contributed by atoms with E-state index in [1.54, 1.807) is 0 Å². The summed E-state index contributed by atoms with van der Waals surface area (Å²) in [4.78, 5) is 9.99. The van der Waals surface area contributed by atoms with Gasteiger partial charge in [-0.05, 0) is 28.1 Å². The van der Waals surface area contributed by atoms with E-state index in [1.807, 2.05) is 0 Å². The average molecular weight is 304 g/mol. The van der Waals surface area contributed by atoms with E-state index in [-0.39, 0.29) is 15.8 Å². The van der Waals surface area contributed by atoms with Crippen molar-refractivity contribution in [2.75, 3.05) is 0 Å². The van der Waals surface area contributed by atoms with Gasteiger partial charge in [0.05, 0.1) is 21.7 Å².